The molecule has 0 aromatic rings. The molecule has 1 aliphatic heterocycles. The molecule has 6 nitrogen and oxygen atoms in total. The molecule has 1 fully saturated rings. The van der Waals surface area contributed by atoms with Crippen LogP contribution >= 0.6 is 7.82 Å². The van der Waals surface area contributed by atoms with E-state index < -0.39 is 7.82 Å². The molecule has 0 atom stereocenters. The average Bonchev–Trinajstić information content (AvgIpc) is 2.87. The lowest BCUT2D eigenvalue weighted by molar-refractivity contribution is -0.139. The summed E-state index contributed by atoms with van der Waals surface area (Å²) in [4.78, 5) is 11.1. The largest absolute Gasteiger partial charge is 0.474 e. The molecule has 0 N–H and O–H groups in total. The Morgan fingerprint density at radius 1 is 1.05 bits per heavy atom. The standard InChI is InChI=1S/C14H25O6P/c1-13(2)14(15)17-9-7-5-3-4-6-8-10-18-21(16)19-11-12-20-21/h1,3-12H2,2H3. The van der Waals surface area contributed by atoms with Gasteiger partial charge in [0.15, 0.2) is 0 Å². The molecule has 0 aliphatic carbocycles. The van der Waals surface area contributed by atoms with Gasteiger partial charge in [0, 0.05) is 5.57 Å². The van der Waals surface area contributed by atoms with Gasteiger partial charge in [-0.15, -0.1) is 0 Å². The molecule has 122 valence electrons. The fourth-order valence-corrected chi connectivity index (χ4v) is 2.96. The van der Waals surface area contributed by atoms with E-state index in [4.69, 9.17) is 18.3 Å². The van der Waals surface area contributed by atoms with E-state index in [1.54, 1.807) is 6.92 Å². The SMILES string of the molecule is C=C(C)C(=O)OCCCCCCCCOP1(=O)OCCO1. The summed E-state index contributed by atoms with van der Waals surface area (Å²) in [6.07, 6.45) is 5.88. The van der Waals surface area contributed by atoms with Gasteiger partial charge in [-0.2, -0.15) is 0 Å². The minimum atomic E-state index is -3.21. The van der Waals surface area contributed by atoms with E-state index in [2.05, 4.69) is 6.58 Å². The van der Waals surface area contributed by atoms with Crippen LogP contribution in [-0.2, 0) is 27.7 Å². The number of carbonyl (C=O) groups excluding carboxylic acids is 1. The van der Waals surface area contributed by atoms with E-state index in [9.17, 15) is 9.36 Å². The highest BCUT2D eigenvalue weighted by Gasteiger charge is 2.31. The van der Waals surface area contributed by atoms with Gasteiger partial charge in [0.25, 0.3) is 0 Å². The van der Waals surface area contributed by atoms with E-state index >= 15 is 0 Å². The van der Waals surface area contributed by atoms with Gasteiger partial charge in [0.1, 0.15) is 0 Å². The van der Waals surface area contributed by atoms with Crippen LogP contribution in [0.1, 0.15) is 45.4 Å². The zero-order valence-electron chi connectivity index (χ0n) is 12.7. The van der Waals surface area contributed by atoms with E-state index in [-0.39, 0.29) is 5.97 Å². The average molecular weight is 320 g/mol. The molecule has 0 amide bonds. The van der Waals surface area contributed by atoms with Crippen molar-refractivity contribution < 1.29 is 27.7 Å². The number of hydrogen-bond acceptors (Lipinski definition) is 6. The van der Waals surface area contributed by atoms with Crippen LogP contribution in [0.5, 0.6) is 0 Å². The fourth-order valence-electron chi connectivity index (χ4n) is 1.79. The van der Waals surface area contributed by atoms with Crippen LogP contribution in [0, 0.1) is 0 Å². The Hall–Kier alpha value is -0.680. The summed E-state index contributed by atoms with van der Waals surface area (Å²) in [6.45, 7) is 6.69. The molecule has 0 aromatic carbocycles. The predicted molar refractivity (Wildman–Crippen MR) is 78.9 cm³/mol. The van der Waals surface area contributed by atoms with Crippen LogP contribution in [0.3, 0.4) is 0 Å². The van der Waals surface area contributed by atoms with E-state index in [0.29, 0.717) is 32.0 Å². The summed E-state index contributed by atoms with van der Waals surface area (Å²) in [6, 6.07) is 0. The lowest BCUT2D eigenvalue weighted by atomic mass is 10.1. The third kappa shape index (κ3) is 8.37. The van der Waals surface area contributed by atoms with Crippen LogP contribution in [0.4, 0.5) is 0 Å². The van der Waals surface area contributed by atoms with Crippen LogP contribution in [0.25, 0.3) is 0 Å². The first kappa shape index (κ1) is 18.4. The third-order valence-electron chi connectivity index (χ3n) is 2.95. The second-order valence-corrected chi connectivity index (χ2v) is 6.65. The number of esters is 1. The molecular formula is C14H25O6P. The predicted octanol–water partition coefficient (Wildman–Crippen LogP) is 3.62. The first-order valence-electron chi connectivity index (χ1n) is 7.40. The van der Waals surface area contributed by atoms with Crippen molar-refractivity contribution in [1.82, 2.24) is 0 Å². The van der Waals surface area contributed by atoms with Gasteiger partial charge in [-0.25, -0.2) is 9.36 Å². The van der Waals surface area contributed by atoms with Gasteiger partial charge in [-0.05, 0) is 19.8 Å². The van der Waals surface area contributed by atoms with E-state index in [1.807, 2.05) is 0 Å². The maximum atomic E-state index is 11.6. The molecular weight excluding hydrogens is 295 g/mol. The summed E-state index contributed by atoms with van der Waals surface area (Å²) < 4.78 is 31.6. The number of rotatable bonds is 11. The molecule has 0 unspecified atom stereocenters. The minimum Gasteiger partial charge on any atom is -0.462 e. The molecule has 1 heterocycles. The number of carbonyl (C=O) groups is 1. The van der Waals surface area contributed by atoms with E-state index in [1.165, 1.54) is 0 Å². The van der Waals surface area contributed by atoms with Gasteiger partial charge in [-0.3, -0.25) is 13.6 Å². The first-order valence-corrected chi connectivity index (χ1v) is 8.86. The Kier molecular flexibility index (Phi) is 8.85. The maximum absolute atomic E-state index is 11.6. The van der Waals surface area contributed by atoms with Crippen LogP contribution in [-0.4, -0.2) is 32.4 Å². The Morgan fingerprint density at radius 3 is 2.14 bits per heavy atom. The lowest BCUT2D eigenvalue weighted by Crippen LogP contribution is -2.06. The minimum absolute atomic E-state index is 0.321. The Balaban J connectivity index is 1.83. The summed E-state index contributed by atoms with van der Waals surface area (Å²) in [7, 11) is -3.21. The van der Waals surface area contributed by atoms with Crippen LogP contribution < -0.4 is 0 Å². The second kappa shape index (κ2) is 10.1. The van der Waals surface area contributed by atoms with Gasteiger partial charge < -0.3 is 4.74 Å². The number of hydrogen-bond donors (Lipinski definition) is 0. The quantitative estimate of drug-likeness (QED) is 0.251. The summed E-state index contributed by atoms with van der Waals surface area (Å²) in [5.74, 6) is -0.321. The number of unbranched alkanes of at least 4 members (excludes halogenated alkanes) is 5. The number of phosphoric ester groups is 1. The Labute approximate surface area is 126 Å². The first-order chi connectivity index (χ1) is 10.0. The smallest absolute Gasteiger partial charge is 0.462 e. The Morgan fingerprint density at radius 2 is 1.57 bits per heavy atom. The Bertz CT molecular complexity index is 372. The highest BCUT2D eigenvalue weighted by atomic mass is 31.2. The zero-order chi connectivity index (χ0) is 15.6. The highest BCUT2D eigenvalue weighted by molar-refractivity contribution is 7.48. The van der Waals surface area contributed by atoms with Crippen LogP contribution in [0.15, 0.2) is 12.2 Å². The van der Waals surface area contributed by atoms with Crippen LogP contribution in [0.2, 0.25) is 0 Å². The monoisotopic (exact) mass is 320 g/mol. The van der Waals surface area contributed by atoms with Crippen molar-refractivity contribution in [2.75, 3.05) is 26.4 Å². The van der Waals surface area contributed by atoms with Crippen molar-refractivity contribution in [2.24, 2.45) is 0 Å². The van der Waals surface area contributed by atoms with Crippen molar-refractivity contribution in [3.63, 3.8) is 0 Å². The third-order valence-corrected chi connectivity index (χ3v) is 4.45. The fraction of sp³-hybridized carbons (Fsp3) is 0.786. The molecule has 7 heteroatoms. The van der Waals surface area contributed by atoms with Gasteiger partial charge in [0.05, 0.1) is 26.4 Å². The summed E-state index contributed by atoms with van der Waals surface area (Å²) >= 11 is 0. The zero-order valence-corrected chi connectivity index (χ0v) is 13.6. The number of phosphoric acid groups is 1. The molecule has 0 aromatic heterocycles. The van der Waals surface area contributed by atoms with Crippen molar-refractivity contribution in [1.29, 1.82) is 0 Å². The molecule has 0 saturated carbocycles. The summed E-state index contributed by atoms with van der Waals surface area (Å²) in [5, 5.41) is 0. The highest BCUT2D eigenvalue weighted by Crippen LogP contribution is 2.52. The van der Waals surface area contributed by atoms with Gasteiger partial charge in [0.2, 0.25) is 0 Å². The molecule has 0 bridgehead atoms. The molecule has 0 radical (unpaired) electrons. The normalized spacial score (nSPS) is 16.8. The van der Waals surface area contributed by atoms with Crippen molar-refractivity contribution in [2.45, 2.75) is 45.4 Å². The molecule has 1 aliphatic rings. The lowest BCUT2D eigenvalue weighted by Gasteiger charge is -2.09. The van der Waals surface area contributed by atoms with E-state index in [0.717, 1.165) is 38.5 Å². The maximum Gasteiger partial charge on any atom is 0.474 e. The van der Waals surface area contributed by atoms with Gasteiger partial charge >= 0.3 is 13.8 Å². The second-order valence-electron chi connectivity index (χ2n) is 4.98. The van der Waals surface area contributed by atoms with Gasteiger partial charge in [-0.1, -0.05) is 32.3 Å². The molecule has 1 saturated heterocycles. The topological polar surface area (TPSA) is 71.1 Å². The number of ether oxygens (including phenoxy) is 1. The van der Waals surface area contributed by atoms with Crippen molar-refractivity contribution in [3.05, 3.63) is 12.2 Å². The van der Waals surface area contributed by atoms with Crippen molar-refractivity contribution >= 4 is 13.8 Å². The summed E-state index contributed by atoms with van der Waals surface area (Å²) in [5.41, 5.74) is 0.434. The van der Waals surface area contributed by atoms with Crippen molar-refractivity contribution in [3.8, 4) is 0 Å². The molecule has 0 spiro atoms. The molecule has 21 heavy (non-hydrogen) atoms. The molecule has 1 rings (SSSR count).